The molecule has 0 saturated heterocycles. The summed E-state index contributed by atoms with van der Waals surface area (Å²) in [7, 11) is 4.34. The van der Waals surface area contributed by atoms with Crippen molar-refractivity contribution in [1.29, 1.82) is 10.5 Å². The summed E-state index contributed by atoms with van der Waals surface area (Å²) >= 11 is 0. The van der Waals surface area contributed by atoms with E-state index in [4.69, 9.17) is 10.5 Å². The van der Waals surface area contributed by atoms with Gasteiger partial charge in [-0.25, -0.2) is 9.59 Å². The predicted octanol–water partition coefficient (Wildman–Crippen LogP) is 3.61. The first-order valence-electron chi connectivity index (χ1n) is 8.77. The lowest BCUT2D eigenvalue weighted by molar-refractivity contribution is -0.136. The van der Waals surface area contributed by atoms with Gasteiger partial charge in [-0.15, -0.1) is 0 Å². The van der Waals surface area contributed by atoms with Crippen molar-refractivity contribution in [3.63, 3.8) is 0 Å². The van der Waals surface area contributed by atoms with Crippen LogP contribution in [0.1, 0.15) is 11.1 Å². The normalized spacial score (nSPS) is 11.1. The van der Waals surface area contributed by atoms with Gasteiger partial charge in [-0.3, -0.25) is 0 Å². The molecule has 0 aliphatic rings. The number of ether oxygens (including phenoxy) is 2. The molecule has 0 aliphatic heterocycles. The van der Waals surface area contributed by atoms with E-state index in [0.29, 0.717) is 11.1 Å². The molecule has 0 radical (unpaired) electrons. The first kappa shape index (κ1) is 21.9. The molecule has 0 heterocycles. The molecule has 2 aromatic carbocycles. The van der Waals surface area contributed by atoms with Crippen LogP contribution in [0.3, 0.4) is 0 Å². The largest absolute Gasteiger partial charge is 0.465 e. The third-order valence-electron chi connectivity index (χ3n) is 4.23. The Morgan fingerprint density at radius 1 is 0.767 bits per heavy atom. The zero-order valence-corrected chi connectivity index (χ0v) is 16.7. The van der Waals surface area contributed by atoms with Crippen molar-refractivity contribution in [1.82, 2.24) is 0 Å². The molecule has 0 bridgehead atoms. The van der Waals surface area contributed by atoms with Crippen molar-refractivity contribution in [3.05, 3.63) is 70.8 Å². The zero-order valence-electron chi connectivity index (χ0n) is 16.7. The number of methoxy groups -OCH3 is 2. The predicted molar refractivity (Wildman–Crippen MR) is 112 cm³/mol. The summed E-state index contributed by atoms with van der Waals surface area (Å²) < 4.78 is 9.14. The Hall–Kier alpha value is -4.36. The molecule has 0 unspecified atom stereocenters. The van der Waals surface area contributed by atoms with Crippen molar-refractivity contribution in [3.8, 4) is 12.1 Å². The maximum Gasteiger partial charge on any atom is 0.348 e. The van der Waals surface area contributed by atoms with Crippen LogP contribution < -0.4 is 4.90 Å². The fraction of sp³-hybridized carbons (Fsp3) is 0.130. The minimum absolute atomic E-state index is 0.0778. The summed E-state index contributed by atoms with van der Waals surface area (Å²) in [5.41, 5.74) is 3.01. The molecule has 0 fully saturated rings. The van der Waals surface area contributed by atoms with Gasteiger partial charge in [0.25, 0.3) is 0 Å². The van der Waals surface area contributed by atoms with E-state index in [2.05, 4.69) is 9.47 Å². The lowest BCUT2D eigenvalue weighted by Crippen LogP contribution is -2.09. The van der Waals surface area contributed by atoms with Crippen LogP contribution in [0.4, 0.5) is 11.4 Å². The summed E-state index contributed by atoms with van der Waals surface area (Å²) in [5.74, 6) is -1.36. The quantitative estimate of drug-likeness (QED) is 0.414. The number of nitriles is 2. The van der Waals surface area contributed by atoms with Gasteiger partial charge in [0.05, 0.1) is 14.2 Å². The van der Waals surface area contributed by atoms with E-state index < -0.39 is 11.9 Å². The summed E-state index contributed by atoms with van der Waals surface area (Å²) in [6.07, 6.45) is 2.93. The van der Waals surface area contributed by atoms with E-state index in [0.717, 1.165) is 11.4 Å². The first-order valence-corrected chi connectivity index (χ1v) is 8.77. The minimum atomic E-state index is -0.681. The maximum absolute atomic E-state index is 11.5. The van der Waals surface area contributed by atoms with E-state index >= 15 is 0 Å². The van der Waals surface area contributed by atoms with Crippen LogP contribution in [-0.4, -0.2) is 33.2 Å². The Morgan fingerprint density at radius 3 is 1.37 bits per heavy atom. The minimum Gasteiger partial charge on any atom is -0.465 e. The second-order valence-corrected chi connectivity index (χ2v) is 6.06. The molecular weight excluding hydrogens is 382 g/mol. The second-order valence-electron chi connectivity index (χ2n) is 6.06. The Labute approximate surface area is 174 Å². The van der Waals surface area contributed by atoms with Crippen molar-refractivity contribution < 1.29 is 19.1 Å². The van der Waals surface area contributed by atoms with E-state index in [1.807, 2.05) is 48.4 Å². The fourth-order valence-electron chi connectivity index (χ4n) is 2.56. The highest BCUT2D eigenvalue weighted by Crippen LogP contribution is 2.25. The SMILES string of the molecule is COC(=O)C(C#N)=Cc1ccc(N(C)c2ccc(C=C(C#N)C(=O)OC)cc2)cc1. The van der Waals surface area contributed by atoms with Gasteiger partial charge in [0.15, 0.2) is 0 Å². The highest BCUT2D eigenvalue weighted by molar-refractivity contribution is 5.98. The molecule has 7 nitrogen and oxygen atoms in total. The standard InChI is InChI=1S/C23H19N3O4/c1-26(20-8-4-16(5-9-20)12-18(14-24)22(27)29-2)21-10-6-17(7-11-21)13-19(15-25)23(28)30-3/h4-13H,1-3H3. The molecule has 0 aliphatic carbocycles. The number of esters is 2. The molecule has 0 saturated carbocycles. The fourth-order valence-corrected chi connectivity index (χ4v) is 2.56. The molecule has 0 amide bonds. The molecule has 7 heteroatoms. The Balaban J connectivity index is 2.20. The van der Waals surface area contributed by atoms with Crippen LogP contribution in [0.5, 0.6) is 0 Å². The zero-order chi connectivity index (χ0) is 22.1. The molecule has 0 N–H and O–H groups in total. The Bertz CT molecular complexity index is 982. The molecule has 0 aromatic heterocycles. The monoisotopic (exact) mass is 401 g/mol. The van der Waals surface area contributed by atoms with Crippen LogP contribution in [0.15, 0.2) is 59.7 Å². The summed E-state index contributed by atoms with van der Waals surface area (Å²) in [5, 5.41) is 18.1. The number of anilines is 2. The Kier molecular flexibility index (Phi) is 7.50. The van der Waals surface area contributed by atoms with E-state index in [1.54, 1.807) is 24.3 Å². The molecule has 2 aromatic rings. The van der Waals surface area contributed by atoms with Crippen molar-refractivity contribution in [2.45, 2.75) is 0 Å². The van der Waals surface area contributed by atoms with Gasteiger partial charge in [-0.1, -0.05) is 24.3 Å². The van der Waals surface area contributed by atoms with E-state index in [9.17, 15) is 9.59 Å². The van der Waals surface area contributed by atoms with Gasteiger partial charge < -0.3 is 14.4 Å². The third-order valence-corrected chi connectivity index (χ3v) is 4.23. The second kappa shape index (κ2) is 10.3. The highest BCUT2D eigenvalue weighted by Gasteiger charge is 2.10. The molecule has 150 valence electrons. The van der Waals surface area contributed by atoms with Crippen LogP contribution in [0.2, 0.25) is 0 Å². The number of carbonyl (C=O) groups is 2. The van der Waals surface area contributed by atoms with Crippen LogP contribution in [-0.2, 0) is 19.1 Å². The van der Waals surface area contributed by atoms with E-state index in [1.165, 1.54) is 26.4 Å². The number of rotatable bonds is 6. The number of carbonyl (C=O) groups excluding carboxylic acids is 2. The van der Waals surface area contributed by atoms with E-state index in [-0.39, 0.29) is 11.1 Å². The maximum atomic E-state index is 11.5. The summed E-state index contributed by atoms with van der Waals surface area (Å²) in [6.45, 7) is 0. The Morgan fingerprint density at radius 2 is 1.10 bits per heavy atom. The van der Waals surface area contributed by atoms with Crippen LogP contribution in [0, 0.1) is 22.7 Å². The van der Waals surface area contributed by atoms with Gasteiger partial charge in [0.1, 0.15) is 23.3 Å². The topological polar surface area (TPSA) is 103 Å². The smallest absolute Gasteiger partial charge is 0.348 e. The number of nitrogens with zero attached hydrogens (tertiary/aromatic N) is 3. The lowest BCUT2D eigenvalue weighted by atomic mass is 10.1. The van der Waals surface area contributed by atoms with Crippen LogP contribution >= 0.6 is 0 Å². The third kappa shape index (κ3) is 5.34. The van der Waals surface area contributed by atoms with Crippen molar-refractivity contribution in [2.75, 3.05) is 26.2 Å². The van der Waals surface area contributed by atoms with Crippen molar-refractivity contribution >= 4 is 35.5 Å². The molecule has 0 spiro atoms. The summed E-state index contributed by atoms with van der Waals surface area (Å²) in [4.78, 5) is 25.0. The van der Waals surface area contributed by atoms with Crippen molar-refractivity contribution in [2.24, 2.45) is 0 Å². The van der Waals surface area contributed by atoms with Gasteiger partial charge >= 0.3 is 11.9 Å². The van der Waals surface area contributed by atoms with Gasteiger partial charge in [0.2, 0.25) is 0 Å². The average Bonchev–Trinajstić information content (AvgIpc) is 2.80. The average molecular weight is 401 g/mol. The van der Waals surface area contributed by atoms with Gasteiger partial charge in [0, 0.05) is 18.4 Å². The molecule has 0 atom stereocenters. The number of hydrogen-bond acceptors (Lipinski definition) is 7. The number of benzene rings is 2. The summed E-state index contributed by atoms with van der Waals surface area (Å²) in [6, 6.07) is 18.2. The molecule has 2 rings (SSSR count). The first-order chi connectivity index (χ1) is 14.4. The molecule has 30 heavy (non-hydrogen) atoms. The highest BCUT2D eigenvalue weighted by atomic mass is 16.5. The molecular formula is C23H19N3O4. The van der Waals surface area contributed by atoms with Crippen LogP contribution in [0.25, 0.3) is 12.2 Å². The van der Waals surface area contributed by atoms with Gasteiger partial charge in [-0.2, -0.15) is 10.5 Å². The number of hydrogen-bond donors (Lipinski definition) is 0. The van der Waals surface area contributed by atoms with Gasteiger partial charge in [-0.05, 0) is 47.5 Å². The lowest BCUT2D eigenvalue weighted by Gasteiger charge is -2.20.